The fourth-order valence-corrected chi connectivity index (χ4v) is 2.08. The highest BCUT2D eigenvalue weighted by Crippen LogP contribution is 2.12. The standard InChI is InChI=1S/C14H16N4O4/c1-9(7-10-5-3-2-4-6-10)18-12(13(15)22-17-18)14(21)16-8-11(19)20/h2-6,9H,7-8H2,1H3,(H3-,15,16,17,19,20,21)/p+1. The third-order valence-corrected chi connectivity index (χ3v) is 3.10. The van der Waals surface area contributed by atoms with Crippen molar-refractivity contribution in [2.45, 2.75) is 19.4 Å². The summed E-state index contributed by atoms with van der Waals surface area (Å²) in [7, 11) is 0. The highest BCUT2D eigenvalue weighted by atomic mass is 16.5. The van der Waals surface area contributed by atoms with Crippen molar-refractivity contribution in [3.63, 3.8) is 0 Å². The molecule has 0 saturated carbocycles. The number of anilines is 1. The highest BCUT2D eigenvalue weighted by Gasteiger charge is 2.34. The van der Waals surface area contributed by atoms with Crippen LogP contribution < -0.4 is 15.7 Å². The fraction of sp³-hybridized carbons (Fsp3) is 0.286. The quantitative estimate of drug-likeness (QED) is 0.653. The molecule has 22 heavy (non-hydrogen) atoms. The van der Waals surface area contributed by atoms with Gasteiger partial charge in [-0.2, -0.15) is 0 Å². The molecule has 0 saturated heterocycles. The number of carbonyl (C=O) groups excluding carboxylic acids is 1. The molecule has 0 aliphatic heterocycles. The first kappa shape index (κ1) is 15.5. The lowest BCUT2D eigenvalue weighted by Crippen LogP contribution is -2.48. The normalized spacial score (nSPS) is 11.9. The van der Waals surface area contributed by atoms with Gasteiger partial charge in [0.1, 0.15) is 6.54 Å². The SMILES string of the molecule is CC(Cc1ccccc1)[n+]1noc(N)c1C(=O)NCC(=O)O. The van der Waals surface area contributed by atoms with Crippen molar-refractivity contribution in [2.24, 2.45) is 0 Å². The molecule has 0 spiro atoms. The molecule has 2 aromatic rings. The second-order valence-corrected chi connectivity index (χ2v) is 4.85. The summed E-state index contributed by atoms with van der Waals surface area (Å²) < 4.78 is 6.23. The van der Waals surface area contributed by atoms with Gasteiger partial charge in [0.2, 0.25) is 5.27 Å². The Kier molecular flexibility index (Phi) is 4.72. The Bertz CT molecular complexity index is 669. The van der Waals surface area contributed by atoms with Gasteiger partial charge in [-0.25, -0.2) is 0 Å². The van der Waals surface area contributed by atoms with Crippen LogP contribution in [0.1, 0.15) is 29.0 Å². The van der Waals surface area contributed by atoms with Gasteiger partial charge in [0.15, 0.2) is 6.04 Å². The smallest absolute Gasteiger partial charge is 0.361 e. The molecule has 1 amide bonds. The van der Waals surface area contributed by atoms with E-state index in [0.29, 0.717) is 6.42 Å². The van der Waals surface area contributed by atoms with E-state index in [1.54, 1.807) is 0 Å². The van der Waals surface area contributed by atoms with E-state index in [9.17, 15) is 9.59 Å². The average molecular weight is 305 g/mol. The first-order valence-corrected chi connectivity index (χ1v) is 6.70. The van der Waals surface area contributed by atoms with E-state index in [4.69, 9.17) is 15.4 Å². The molecule has 8 nitrogen and oxygen atoms in total. The third kappa shape index (κ3) is 3.60. The van der Waals surface area contributed by atoms with Crippen molar-refractivity contribution in [2.75, 3.05) is 12.3 Å². The van der Waals surface area contributed by atoms with Crippen LogP contribution in [0.2, 0.25) is 0 Å². The molecule has 0 fully saturated rings. The maximum atomic E-state index is 12.0. The maximum absolute atomic E-state index is 12.0. The number of aromatic nitrogens is 2. The van der Waals surface area contributed by atoms with E-state index in [1.807, 2.05) is 37.3 Å². The van der Waals surface area contributed by atoms with Gasteiger partial charge in [0.05, 0.1) is 0 Å². The molecule has 0 aliphatic carbocycles. The van der Waals surface area contributed by atoms with Gasteiger partial charge in [0.25, 0.3) is 0 Å². The monoisotopic (exact) mass is 305 g/mol. The second-order valence-electron chi connectivity index (χ2n) is 4.85. The van der Waals surface area contributed by atoms with Crippen LogP contribution in [0.25, 0.3) is 0 Å². The average Bonchev–Trinajstić information content (AvgIpc) is 2.87. The first-order chi connectivity index (χ1) is 10.5. The molecule has 1 heterocycles. The largest absolute Gasteiger partial charge is 0.480 e. The summed E-state index contributed by atoms with van der Waals surface area (Å²) in [5.41, 5.74) is 6.71. The van der Waals surface area contributed by atoms with Crippen molar-refractivity contribution in [1.82, 2.24) is 10.6 Å². The molecule has 2 rings (SSSR count). The molecule has 4 N–H and O–H groups in total. The van der Waals surface area contributed by atoms with E-state index in [2.05, 4.69) is 10.6 Å². The van der Waals surface area contributed by atoms with Gasteiger partial charge >= 0.3 is 23.5 Å². The number of benzene rings is 1. The number of amides is 1. The minimum atomic E-state index is -1.15. The first-order valence-electron chi connectivity index (χ1n) is 6.70. The minimum absolute atomic E-state index is 0.0182. The number of nitrogen functional groups attached to an aromatic ring is 1. The van der Waals surface area contributed by atoms with E-state index in [0.717, 1.165) is 5.56 Å². The molecule has 1 aromatic heterocycles. The Morgan fingerprint density at radius 3 is 2.73 bits per heavy atom. The zero-order valence-electron chi connectivity index (χ0n) is 12.0. The topological polar surface area (TPSA) is 122 Å². The summed E-state index contributed by atoms with van der Waals surface area (Å²) in [6.45, 7) is 1.36. The number of rotatable bonds is 6. The molecule has 1 aromatic carbocycles. The number of carbonyl (C=O) groups is 2. The summed E-state index contributed by atoms with van der Waals surface area (Å²) in [4.78, 5) is 22.6. The Labute approximate surface area is 126 Å². The van der Waals surface area contributed by atoms with Crippen molar-refractivity contribution >= 4 is 17.8 Å². The van der Waals surface area contributed by atoms with Crippen LogP contribution >= 0.6 is 0 Å². The Hall–Kier alpha value is -2.90. The van der Waals surface area contributed by atoms with E-state index >= 15 is 0 Å². The molecule has 0 bridgehead atoms. The van der Waals surface area contributed by atoms with Crippen molar-refractivity contribution in [3.05, 3.63) is 41.6 Å². The van der Waals surface area contributed by atoms with E-state index in [1.165, 1.54) is 4.68 Å². The predicted octanol–water partition coefficient (Wildman–Crippen LogP) is 0.162. The van der Waals surface area contributed by atoms with Gasteiger partial charge < -0.3 is 16.2 Å². The van der Waals surface area contributed by atoms with Gasteiger partial charge in [-0.3, -0.25) is 14.1 Å². The van der Waals surface area contributed by atoms with Crippen molar-refractivity contribution in [1.29, 1.82) is 0 Å². The van der Waals surface area contributed by atoms with Crippen LogP contribution in [-0.4, -0.2) is 28.8 Å². The maximum Gasteiger partial charge on any atom is 0.361 e. The van der Waals surface area contributed by atoms with E-state index in [-0.39, 0.29) is 17.6 Å². The summed E-state index contributed by atoms with van der Waals surface area (Å²) in [6.07, 6.45) is 0.622. The summed E-state index contributed by atoms with van der Waals surface area (Å²) in [6, 6.07) is 9.50. The van der Waals surface area contributed by atoms with Crippen molar-refractivity contribution < 1.29 is 23.9 Å². The lowest BCUT2D eigenvalue weighted by Gasteiger charge is -2.04. The lowest BCUT2D eigenvalue weighted by atomic mass is 10.1. The number of hydrogen-bond acceptors (Lipinski definition) is 5. The van der Waals surface area contributed by atoms with Crippen LogP contribution in [0, 0.1) is 0 Å². The number of carboxylic acid groups (broad SMARTS) is 1. The molecule has 116 valence electrons. The minimum Gasteiger partial charge on any atom is -0.480 e. The zero-order chi connectivity index (χ0) is 16.1. The third-order valence-electron chi connectivity index (χ3n) is 3.10. The summed E-state index contributed by atoms with van der Waals surface area (Å²) in [5, 5.41) is 14.6. The molecular formula is C14H17N4O4+. The zero-order valence-corrected chi connectivity index (χ0v) is 12.0. The number of nitrogens with one attached hydrogen (secondary N) is 1. The second kappa shape index (κ2) is 6.70. The van der Waals surface area contributed by atoms with Gasteiger partial charge in [-0.05, 0) is 10.2 Å². The number of nitrogens with zero attached hydrogens (tertiary/aromatic N) is 2. The summed E-state index contributed by atoms with van der Waals surface area (Å²) >= 11 is 0. The van der Waals surface area contributed by atoms with Gasteiger partial charge in [0, 0.05) is 13.3 Å². The van der Waals surface area contributed by atoms with Crippen molar-refractivity contribution in [3.8, 4) is 0 Å². The predicted molar refractivity (Wildman–Crippen MR) is 75.9 cm³/mol. The molecular weight excluding hydrogens is 288 g/mol. The Balaban J connectivity index is 2.17. The molecule has 1 atom stereocenters. The molecule has 0 aliphatic rings. The van der Waals surface area contributed by atoms with Crippen LogP contribution in [0.15, 0.2) is 34.9 Å². The number of carboxylic acids is 1. The van der Waals surface area contributed by atoms with Gasteiger partial charge in [-0.15, -0.1) is 0 Å². The number of aliphatic carboxylic acids is 1. The van der Waals surface area contributed by atoms with E-state index < -0.39 is 18.4 Å². The molecule has 0 radical (unpaired) electrons. The lowest BCUT2D eigenvalue weighted by molar-refractivity contribution is -0.783. The van der Waals surface area contributed by atoms with Crippen LogP contribution in [0.4, 0.5) is 5.88 Å². The molecule has 1 unspecified atom stereocenters. The highest BCUT2D eigenvalue weighted by molar-refractivity contribution is 5.95. The number of nitrogens with two attached hydrogens (primary N) is 1. The Morgan fingerprint density at radius 1 is 1.41 bits per heavy atom. The van der Waals surface area contributed by atoms with Crippen LogP contribution in [0.3, 0.4) is 0 Å². The van der Waals surface area contributed by atoms with Crippen LogP contribution in [-0.2, 0) is 11.2 Å². The number of hydrogen-bond donors (Lipinski definition) is 3. The summed E-state index contributed by atoms with van der Waals surface area (Å²) in [5.74, 6) is -1.93. The Morgan fingerprint density at radius 2 is 2.09 bits per heavy atom. The molecule has 8 heteroatoms. The van der Waals surface area contributed by atoms with Crippen LogP contribution in [0.5, 0.6) is 0 Å². The fourth-order valence-electron chi connectivity index (χ4n) is 2.08. The van der Waals surface area contributed by atoms with Gasteiger partial charge in [-0.1, -0.05) is 30.3 Å².